The third-order valence-electron chi connectivity index (χ3n) is 6.61. The van der Waals surface area contributed by atoms with E-state index in [1.807, 2.05) is 12.1 Å². The molecular weight excluding hydrogens is 444 g/mol. The number of piperazine rings is 1. The molecule has 0 bridgehead atoms. The fourth-order valence-corrected chi connectivity index (χ4v) is 4.96. The van der Waals surface area contributed by atoms with Gasteiger partial charge in [0.15, 0.2) is 5.76 Å². The summed E-state index contributed by atoms with van der Waals surface area (Å²) in [6.07, 6.45) is 1.14. The summed E-state index contributed by atoms with van der Waals surface area (Å²) in [4.78, 5) is 7.30. The fourth-order valence-electron chi connectivity index (χ4n) is 4.78. The van der Waals surface area contributed by atoms with E-state index in [0.29, 0.717) is 0 Å². The maximum atomic E-state index is 6.15. The van der Waals surface area contributed by atoms with E-state index < -0.39 is 0 Å². The molecule has 1 fully saturated rings. The second kappa shape index (κ2) is 10.6. The lowest BCUT2D eigenvalue weighted by Gasteiger charge is -2.36. The topological polar surface area (TPSA) is 35.8 Å². The average Bonchev–Trinajstić information content (AvgIpc) is 3.32. The van der Waals surface area contributed by atoms with Crippen LogP contribution in [0, 0.1) is 0 Å². The van der Waals surface area contributed by atoms with Crippen LogP contribution < -0.4 is 4.90 Å². The van der Waals surface area contributed by atoms with Gasteiger partial charge in [0.05, 0.1) is 6.54 Å². The summed E-state index contributed by atoms with van der Waals surface area (Å²) < 4.78 is 5.68. The van der Waals surface area contributed by atoms with Crippen molar-refractivity contribution in [3.05, 3.63) is 83.6 Å². The van der Waals surface area contributed by atoms with Crippen molar-refractivity contribution in [3.8, 4) is 11.3 Å². The van der Waals surface area contributed by atoms with Crippen LogP contribution in [0.1, 0.15) is 12.2 Å². The van der Waals surface area contributed by atoms with Crippen LogP contribution in [0.4, 0.5) is 5.69 Å². The molecule has 0 amide bonds. The van der Waals surface area contributed by atoms with Gasteiger partial charge in [-0.05, 0) is 55.5 Å². The first kappa shape index (κ1) is 22.9. The Balaban J connectivity index is 1.08. The highest BCUT2D eigenvalue weighted by Crippen LogP contribution is 2.28. The number of fused-ring (bicyclic) bond motifs is 1. The van der Waals surface area contributed by atoms with Gasteiger partial charge in [-0.3, -0.25) is 9.80 Å². The van der Waals surface area contributed by atoms with Gasteiger partial charge < -0.3 is 9.42 Å². The van der Waals surface area contributed by atoms with Gasteiger partial charge in [0.25, 0.3) is 0 Å². The van der Waals surface area contributed by atoms with E-state index in [1.54, 1.807) is 0 Å². The van der Waals surface area contributed by atoms with Crippen molar-refractivity contribution in [2.45, 2.75) is 13.0 Å². The number of anilines is 1. The largest absolute Gasteiger partial charge is 0.369 e. The molecule has 176 valence electrons. The third kappa shape index (κ3) is 5.44. The Morgan fingerprint density at radius 2 is 1.74 bits per heavy atom. The number of halogens is 1. The molecule has 1 aliphatic heterocycles. The number of hydrogen-bond acceptors (Lipinski definition) is 5. The van der Waals surface area contributed by atoms with Crippen molar-refractivity contribution in [3.63, 3.8) is 0 Å². The average molecular weight is 475 g/mol. The highest BCUT2D eigenvalue weighted by atomic mass is 35.5. The Hall–Kier alpha value is -2.86. The molecule has 0 saturated carbocycles. The highest BCUT2D eigenvalue weighted by molar-refractivity contribution is 6.30. The molecule has 0 radical (unpaired) electrons. The molecule has 0 spiro atoms. The van der Waals surface area contributed by atoms with Crippen LogP contribution in [0.2, 0.25) is 5.02 Å². The van der Waals surface area contributed by atoms with Crippen molar-refractivity contribution in [2.75, 3.05) is 51.2 Å². The summed E-state index contributed by atoms with van der Waals surface area (Å²) in [5.41, 5.74) is 3.24. The van der Waals surface area contributed by atoms with Crippen molar-refractivity contribution in [1.82, 2.24) is 15.0 Å². The molecule has 6 heteroatoms. The lowest BCUT2D eigenvalue weighted by atomic mass is 10.0. The predicted octanol–water partition coefficient (Wildman–Crippen LogP) is 5.79. The molecule has 0 aliphatic carbocycles. The lowest BCUT2D eigenvalue weighted by molar-refractivity contribution is 0.223. The molecule has 3 aromatic carbocycles. The van der Waals surface area contributed by atoms with Crippen LogP contribution in [0.25, 0.3) is 22.0 Å². The molecule has 1 saturated heterocycles. The SMILES string of the molecule is CN(CCCN1CCN(c2cccc(Cl)c2)CC1)Cc1cc(-c2cccc3ccccc23)no1. The summed E-state index contributed by atoms with van der Waals surface area (Å²) in [6, 6.07) is 25.0. The van der Waals surface area contributed by atoms with Crippen LogP contribution in [0.3, 0.4) is 0 Å². The summed E-state index contributed by atoms with van der Waals surface area (Å²) in [5.74, 6) is 0.903. The molecule has 0 N–H and O–H groups in total. The van der Waals surface area contributed by atoms with Gasteiger partial charge in [-0.25, -0.2) is 0 Å². The van der Waals surface area contributed by atoms with Gasteiger partial charge in [0, 0.05) is 48.5 Å². The Bertz CT molecular complexity index is 1230. The smallest absolute Gasteiger partial charge is 0.151 e. The Morgan fingerprint density at radius 3 is 2.59 bits per heavy atom. The molecule has 0 atom stereocenters. The van der Waals surface area contributed by atoms with E-state index in [0.717, 1.165) is 74.3 Å². The first-order valence-electron chi connectivity index (χ1n) is 12.0. The molecular formula is C28H31ClN4O. The van der Waals surface area contributed by atoms with Crippen LogP contribution >= 0.6 is 11.6 Å². The minimum absolute atomic E-state index is 0.764. The van der Waals surface area contributed by atoms with E-state index in [9.17, 15) is 0 Å². The Morgan fingerprint density at radius 1 is 0.941 bits per heavy atom. The third-order valence-corrected chi connectivity index (χ3v) is 6.85. The number of benzene rings is 3. The monoisotopic (exact) mass is 474 g/mol. The van der Waals surface area contributed by atoms with Crippen LogP contribution in [0.5, 0.6) is 0 Å². The molecule has 5 nitrogen and oxygen atoms in total. The summed E-state index contributed by atoms with van der Waals surface area (Å²) in [7, 11) is 2.15. The molecule has 1 aromatic heterocycles. The van der Waals surface area contributed by atoms with E-state index in [-0.39, 0.29) is 0 Å². The first-order chi connectivity index (χ1) is 16.7. The molecule has 5 rings (SSSR count). The summed E-state index contributed by atoms with van der Waals surface area (Å²) >= 11 is 6.15. The molecule has 0 unspecified atom stereocenters. The molecule has 1 aliphatic rings. The van der Waals surface area contributed by atoms with Gasteiger partial charge in [0.1, 0.15) is 5.69 Å². The number of nitrogens with zero attached hydrogens (tertiary/aromatic N) is 4. The van der Waals surface area contributed by atoms with Gasteiger partial charge in [-0.2, -0.15) is 0 Å². The van der Waals surface area contributed by atoms with Crippen molar-refractivity contribution in [1.29, 1.82) is 0 Å². The quantitative estimate of drug-likeness (QED) is 0.323. The van der Waals surface area contributed by atoms with Gasteiger partial charge in [0.2, 0.25) is 0 Å². The van der Waals surface area contributed by atoms with Crippen molar-refractivity contribution in [2.24, 2.45) is 0 Å². The fraction of sp³-hybridized carbons (Fsp3) is 0.321. The van der Waals surface area contributed by atoms with E-state index >= 15 is 0 Å². The summed E-state index contributed by atoms with van der Waals surface area (Å²) in [5, 5.41) is 7.58. The first-order valence-corrected chi connectivity index (χ1v) is 12.4. The van der Waals surface area contributed by atoms with E-state index in [1.165, 1.54) is 16.5 Å². The van der Waals surface area contributed by atoms with Crippen molar-refractivity contribution >= 4 is 28.1 Å². The number of hydrogen-bond donors (Lipinski definition) is 0. The molecule has 34 heavy (non-hydrogen) atoms. The van der Waals surface area contributed by atoms with Crippen molar-refractivity contribution < 1.29 is 4.52 Å². The number of aromatic nitrogens is 1. The zero-order chi connectivity index (χ0) is 23.3. The zero-order valence-corrected chi connectivity index (χ0v) is 20.4. The Kier molecular flexibility index (Phi) is 7.14. The van der Waals surface area contributed by atoms with Crippen LogP contribution in [-0.4, -0.2) is 61.3 Å². The lowest BCUT2D eigenvalue weighted by Crippen LogP contribution is -2.47. The summed E-state index contributed by atoms with van der Waals surface area (Å²) in [6.45, 7) is 7.18. The van der Waals surface area contributed by atoms with E-state index in [2.05, 4.69) is 87.6 Å². The zero-order valence-electron chi connectivity index (χ0n) is 19.7. The maximum Gasteiger partial charge on any atom is 0.151 e. The second-order valence-corrected chi connectivity index (χ2v) is 9.54. The highest BCUT2D eigenvalue weighted by Gasteiger charge is 2.17. The standard InChI is InChI=1S/C28H31ClN4O/c1-31(13-6-14-32-15-17-33(18-16-32)24-10-5-9-23(29)19-24)21-25-20-28(30-34-25)27-12-4-8-22-7-2-3-11-26(22)27/h2-5,7-12,19-20H,6,13-18,21H2,1H3. The van der Waals surface area contributed by atoms with Gasteiger partial charge in [-0.15, -0.1) is 0 Å². The van der Waals surface area contributed by atoms with E-state index in [4.69, 9.17) is 16.1 Å². The van der Waals surface area contributed by atoms with Crippen LogP contribution in [-0.2, 0) is 6.54 Å². The number of rotatable bonds is 8. The maximum absolute atomic E-state index is 6.15. The van der Waals surface area contributed by atoms with Gasteiger partial charge in [-0.1, -0.05) is 65.3 Å². The predicted molar refractivity (Wildman–Crippen MR) is 141 cm³/mol. The van der Waals surface area contributed by atoms with Gasteiger partial charge >= 0.3 is 0 Å². The molecule has 2 heterocycles. The minimum Gasteiger partial charge on any atom is -0.369 e. The normalized spacial score (nSPS) is 14.9. The molecule has 4 aromatic rings. The Labute approximate surface area is 206 Å². The van der Waals surface area contributed by atoms with Crippen LogP contribution in [0.15, 0.2) is 77.3 Å². The second-order valence-electron chi connectivity index (χ2n) is 9.11. The minimum atomic E-state index is 0.764.